The summed E-state index contributed by atoms with van der Waals surface area (Å²) in [4.78, 5) is 10.9. The third-order valence-corrected chi connectivity index (χ3v) is 4.47. The first-order valence-electron chi connectivity index (χ1n) is 6.95. The van der Waals surface area contributed by atoms with Crippen LogP contribution in [0.5, 0.6) is 0 Å². The minimum absolute atomic E-state index is 0.217. The van der Waals surface area contributed by atoms with Crippen LogP contribution >= 0.6 is 15.9 Å². The lowest BCUT2D eigenvalue weighted by molar-refractivity contribution is -0.385. The van der Waals surface area contributed by atoms with Gasteiger partial charge in [-0.3, -0.25) is 10.1 Å². The molecule has 0 aliphatic heterocycles. The van der Waals surface area contributed by atoms with E-state index in [-0.39, 0.29) is 10.6 Å². The van der Waals surface area contributed by atoms with Crippen molar-refractivity contribution < 1.29 is 4.92 Å². The second-order valence-corrected chi connectivity index (χ2v) is 6.34. The van der Waals surface area contributed by atoms with Crippen LogP contribution in [0.25, 0.3) is 10.9 Å². The molecule has 0 aliphatic carbocycles. The van der Waals surface area contributed by atoms with E-state index in [9.17, 15) is 10.1 Å². The van der Waals surface area contributed by atoms with Gasteiger partial charge in [-0.1, -0.05) is 28.1 Å². The molecule has 0 radical (unpaired) electrons. The molecule has 1 heterocycles. The third kappa shape index (κ3) is 2.52. The molecular formula is C17H15BrN2O2. The Bertz CT molecular complexity index is 866. The summed E-state index contributed by atoms with van der Waals surface area (Å²) in [6.07, 6.45) is 1.99. The molecule has 5 heteroatoms. The Morgan fingerprint density at radius 1 is 1.18 bits per heavy atom. The van der Waals surface area contributed by atoms with Crippen LogP contribution in [0.15, 0.2) is 47.1 Å². The van der Waals surface area contributed by atoms with Crippen LogP contribution in [0.1, 0.15) is 16.7 Å². The molecule has 0 spiro atoms. The van der Waals surface area contributed by atoms with Crippen molar-refractivity contribution in [3.8, 4) is 0 Å². The molecule has 2 aromatic carbocycles. The summed E-state index contributed by atoms with van der Waals surface area (Å²) in [6, 6.07) is 12.0. The molecule has 0 bridgehead atoms. The first kappa shape index (κ1) is 14.8. The van der Waals surface area contributed by atoms with Crippen LogP contribution in [-0.4, -0.2) is 9.49 Å². The zero-order valence-corrected chi connectivity index (χ0v) is 13.9. The van der Waals surface area contributed by atoms with Crippen molar-refractivity contribution in [2.24, 2.45) is 0 Å². The molecule has 0 aliphatic rings. The zero-order chi connectivity index (χ0) is 15.9. The van der Waals surface area contributed by atoms with Crippen LogP contribution < -0.4 is 0 Å². The van der Waals surface area contributed by atoms with Crippen molar-refractivity contribution in [3.63, 3.8) is 0 Å². The fraction of sp³-hybridized carbons (Fsp3) is 0.176. The van der Waals surface area contributed by atoms with Gasteiger partial charge in [0, 0.05) is 39.2 Å². The average molecular weight is 359 g/mol. The van der Waals surface area contributed by atoms with E-state index in [1.54, 1.807) is 6.92 Å². The third-order valence-electron chi connectivity index (χ3n) is 3.94. The average Bonchev–Trinajstić information content (AvgIpc) is 2.84. The summed E-state index contributed by atoms with van der Waals surface area (Å²) in [7, 11) is 0. The number of fused-ring (bicyclic) bond motifs is 1. The maximum absolute atomic E-state index is 11.2. The molecule has 0 atom stereocenters. The number of rotatable bonds is 3. The SMILES string of the molecule is Cc1cc2c(ccn2Cc2ccc(Br)cc2)c(C)c1[N+](=O)[O-]. The van der Waals surface area contributed by atoms with Gasteiger partial charge in [-0.25, -0.2) is 0 Å². The van der Waals surface area contributed by atoms with Crippen LogP contribution in [0.2, 0.25) is 0 Å². The minimum Gasteiger partial charge on any atom is -0.343 e. The second-order valence-electron chi connectivity index (χ2n) is 5.43. The van der Waals surface area contributed by atoms with E-state index < -0.39 is 0 Å². The standard InChI is InChI=1S/C17H15BrN2O2/c1-11-9-16-15(12(2)17(11)20(21)22)7-8-19(16)10-13-3-5-14(18)6-4-13/h3-9H,10H2,1-2H3. The Kier molecular flexibility index (Phi) is 3.74. The van der Waals surface area contributed by atoms with Gasteiger partial charge in [0.1, 0.15) is 0 Å². The Morgan fingerprint density at radius 3 is 2.50 bits per heavy atom. The summed E-state index contributed by atoms with van der Waals surface area (Å²) in [5.74, 6) is 0. The van der Waals surface area contributed by atoms with E-state index in [1.807, 2.05) is 37.4 Å². The summed E-state index contributed by atoms with van der Waals surface area (Å²) in [6.45, 7) is 4.35. The van der Waals surface area contributed by atoms with E-state index in [1.165, 1.54) is 5.56 Å². The molecule has 4 nitrogen and oxygen atoms in total. The first-order chi connectivity index (χ1) is 10.5. The first-order valence-corrected chi connectivity index (χ1v) is 7.74. The normalized spacial score (nSPS) is 11.0. The highest BCUT2D eigenvalue weighted by atomic mass is 79.9. The van der Waals surface area contributed by atoms with Crippen LogP contribution in [0, 0.1) is 24.0 Å². The van der Waals surface area contributed by atoms with E-state index in [0.29, 0.717) is 5.56 Å². The Hall–Kier alpha value is -2.14. The summed E-state index contributed by atoms with van der Waals surface area (Å²) < 4.78 is 3.18. The highest BCUT2D eigenvalue weighted by molar-refractivity contribution is 9.10. The fourth-order valence-corrected chi connectivity index (χ4v) is 3.13. The second kappa shape index (κ2) is 5.57. The molecule has 0 saturated heterocycles. The topological polar surface area (TPSA) is 48.1 Å². The van der Waals surface area contributed by atoms with Crippen molar-refractivity contribution in [2.45, 2.75) is 20.4 Å². The van der Waals surface area contributed by atoms with Crippen molar-refractivity contribution in [3.05, 3.63) is 73.9 Å². The maximum atomic E-state index is 11.2. The number of hydrogen-bond acceptors (Lipinski definition) is 2. The highest BCUT2D eigenvalue weighted by Crippen LogP contribution is 2.31. The zero-order valence-electron chi connectivity index (χ0n) is 12.3. The van der Waals surface area contributed by atoms with E-state index in [0.717, 1.165) is 27.5 Å². The number of benzene rings is 2. The quantitative estimate of drug-likeness (QED) is 0.489. The molecule has 0 saturated carbocycles. The molecule has 3 rings (SSSR count). The van der Waals surface area contributed by atoms with Gasteiger partial charge in [0.2, 0.25) is 0 Å². The molecule has 112 valence electrons. The molecule has 3 aromatic rings. The van der Waals surface area contributed by atoms with Gasteiger partial charge in [0.25, 0.3) is 5.69 Å². The number of aryl methyl sites for hydroxylation is 2. The van der Waals surface area contributed by atoms with Crippen molar-refractivity contribution >= 4 is 32.5 Å². The van der Waals surface area contributed by atoms with Crippen LogP contribution in [0.4, 0.5) is 5.69 Å². The molecule has 22 heavy (non-hydrogen) atoms. The monoisotopic (exact) mass is 358 g/mol. The lowest BCUT2D eigenvalue weighted by atomic mass is 10.0. The number of nitro groups is 1. The summed E-state index contributed by atoms with van der Waals surface area (Å²) >= 11 is 3.43. The predicted octanol–water partition coefficient (Wildman–Crippen LogP) is 4.98. The van der Waals surface area contributed by atoms with Crippen molar-refractivity contribution in [1.82, 2.24) is 4.57 Å². The molecule has 0 N–H and O–H groups in total. The number of aromatic nitrogens is 1. The van der Waals surface area contributed by atoms with Crippen molar-refractivity contribution in [2.75, 3.05) is 0 Å². The fourth-order valence-electron chi connectivity index (χ4n) is 2.86. The predicted molar refractivity (Wildman–Crippen MR) is 91.3 cm³/mol. The van der Waals surface area contributed by atoms with Gasteiger partial charge in [0.05, 0.1) is 4.92 Å². The number of halogens is 1. The Labute approximate surface area is 136 Å². The highest BCUT2D eigenvalue weighted by Gasteiger charge is 2.19. The van der Waals surface area contributed by atoms with Gasteiger partial charge in [0.15, 0.2) is 0 Å². The van der Waals surface area contributed by atoms with E-state index in [2.05, 4.69) is 32.6 Å². The van der Waals surface area contributed by atoms with Gasteiger partial charge >= 0.3 is 0 Å². The number of nitrogens with zero attached hydrogens (tertiary/aromatic N) is 2. The maximum Gasteiger partial charge on any atom is 0.275 e. The smallest absolute Gasteiger partial charge is 0.275 e. The van der Waals surface area contributed by atoms with Crippen LogP contribution in [0.3, 0.4) is 0 Å². The Morgan fingerprint density at radius 2 is 1.86 bits per heavy atom. The number of nitro benzene ring substituents is 1. The Balaban J connectivity index is 2.09. The van der Waals surface area contributed by atoms with Gasteiger partial charge < -0.3 is 4.57 Å². The van der Waals surface area contributed by atoms with Crippen LogP contribution in [-0.2, 0) is 6.54 Å². The largest absolute Gasteiger partial charge is 0.343 e. The lowest BCUT2D eigenvalue weighted by Gasteiger charge is -2.08. The van der Waals surface area contributed by atoms with Gasteiger partial charge in [-0.15, -0.1) is 0 Å². The summed E-state index contributed by atoms with van der Waals surface area (Å²) in [5, 5.41) is 12.1. The minimum atomic E-state index is -0.295. The van der Waals surface area contributed by atoms with Crippen molar-refractivity contribution in [1.29, 1.82) is 0 Å². The van der Waals surface area contributed by atoms with Gasteiger partial charge in [-0.05, 0) is 43.7 Å². The van der Waals surface area contributed by atoms with Gasteiger partial charge in [-0.2, -0.15) is 0 Å². The molecular weight excluding hydrogens is 344 g/mol. The molecule has 1 aromatic heterocycles. The summed E-state index contributed by atoms with van der Waals surface area (Å²) in [5.41, 5.74) is 3.87. The van der Waals surface area contributed by atoms with E-state index in [4.69, 9.17) is 0 Å². The molecule has 0 amide bonds. The lowest BCUT2D eigenvalue weighted by Crippen LogP contribution is -2.00. The van der Waals surface area contributed by atoms with E-state index >= 15 is 0 Å². The molecule has 0 fully saturated rings. The number of hydrogen-bond donors (Lipinski definition) is 0. The molecule has 0 unspecified atom stereocenters.